The number of carboxylic acids is 1. The van der Waals surface area contributed by atoms with Gasteiger partial charge in [0.25, 0.3) is 0 Å². The van der Waals surface area contributed by atoms with Crippen molar-refractivity contribution in [2.75, 3.05) is 0 Å². The van der Waals surface area contributed by atoms with Crippen molar-refractivity contribution in [3.8, 4) is 0 Å². The lowest BCUT2D eigenvalue weighted by atomic mass is 10.1. The molecule has 0 saturated heterocycles. The van der Waals surface area contributed by atoms with Crippen molar-refractivity contribution in [3.05, 3.63) is 35.4 Å². The summed E-state index contributed by atoms with van der Waals surface area (Å²) in [7, 11) is -3.44. The van der Waals surface area contributed by atoms with Gasteiger partial charge in [0.15, 0.2) is 16.6 Å². The van der Waals surface area contributed by atoms with Crippen LogP contribution in [0.5, 0.6) is 0 Å². The van der Waals surface area contributed by atoms with Crippen LogP contribution in [0.1, 0.15) is 41.2 Å². The van der Waals surface area contributed by atoms with Gasteiger partial charge < -0.3 is 9.22 Å². The maximum Gasteiger partial charge on any atom is 0.335 e. The van der Waals surface area contributed by atoms with Gasteiger partial charge in [0.05, 0.1) is 5.56 Å². The van der Waals surface area contributed by atoms with Gasteiger partial charge in [0, 0.05) is 5.54 Å². The highest BCUT2D eigenvalue weighted by Gasteiger charge is 2.37. The summed E-state index contributed by atoms with van der Waals surface area (Å²) in [5, 5.41) is 9.02. The minimum absolute atomic E-state index is 0.347. The van der Waals surface area contributed by atoms with Gasteiger partial charge in [-0.3, -0.25) is 0 Å². The zero-order valence-corrected chi connectivity index (χ0v) is 16.1. The maximum atomic E-state index is 11.0. The fourth-order valence-electron chi connectivity index (χ4n) is 2.92. The van der Waals surface area contributed by atoms with Crippen molar-refractivity contribution < 1.29 is 14.0 Å². The molecule has 1 rings (SSSR count). The van der Waals surface area contributed by atoms with E-state index in [9.17, 15) is 4.79 Å². The lowest BCUT2D eigenvalue weighted by Gasteiger charge is -2.38. The van der Waals surface area contributed by atoms with Crippen molar-refractivity contribution in [2.45, 2.75) is 58.0 Å². The van der Waals surface area contributed by atoms with Gasteiger partial charge in [-0.25, -0.2) is 4.79 Å². The van der Waals surface area contributed by atoms with Crippen molar-refractivity contribution in [1.82, 2.24) is 0 Å². The first-order valence-corrected chi connectivity index (χ1v) is 14.0. The summed E-state index contributed by atoms with van der Waals surface area (Å²) in [6.07, 6.45) is 2.20. The van der Waals surface area contributed by atoms with Crippen LogP contribution in [0.15, 0.2) is 24.3 Å². The molecule has 0 saturated carbocycles. The van der Waals surface area contributed by atoms with E-state index in [1.165, 1.54) is 5.56 Å². The monoisotopic (exact) mass is 324 g/mol. The summed E-state index contributed by atoms with van der Waals surface area (Å²) in [5.41, 5.74) is 1.98. The quantitative estimate of drug-likeness (QED) is 0.728. The van der Waals surface area contributed by atoms with Crippen LogP contribution in [-0.2, 0) is 4.12 Å². The second-order valence-corrected chi connectivity index (χ2v) is 16.0. The molecule has 21 heavy (non-hydrogen) atoms. The average Bonchev–Trinajstić information content (AvgIpc) is 2.33. The molecular weight excluding hydrogens is 296 g/mol. The Morgan fingerprint density at radius 3 is 2.05 bits per heavy atom. The number of aromatic carboxylic acids is 1. The Morgan fingerprint density at radius 2 is 1.67 bits per heavy atom. The number of hydrogen-bond acceptors (Lipinski definition) is 2. The Balaban J connectivity index is 3.07. The summed E-state index contributed by atoms with van der Waals surface area (Å²) in [6.45, 7) is 13.5. The topological polar surface area (TPSA) is 46.5 Å². The molecule has 0 bridgehead atoms. The van der Waals surface area contributed by atoms with Crippen LogP contribution in [0.2, 0.25) is 32.7 Å². The van der Waals surface area contributed by atoms with Gasteiger partial charge in [-0.05, 0) is 56.9 Å². The number of carboxylic acid groups (broad SMARTS) is 1. The summed E-state index contributed by atoms with van der Waals surface area (Å²) in [4.78, 5) is 11.0. The van der Waals surface area contributed by atoms with Crippen LogP contribution < -0.4 is 0 Å². The van der Waals surface area contributed by atoms with Gasteiger partial charge in [0.1, 0.15) is 0 Å². The van der Waals surface area contributed by atoms with Crippen LogP contribution in [0, 0.1) is 0 Å². The summed E-state index contributed by atoms with van der Waals surface area (Å²) >= 11 is 0. The van der Waals surface area contributed by atoms with Gasteiger partial charge in [-0.2, -0.15) is 0 Å². The molecule has 118 valence electrons. The van der Waals surface area contributed by atoms with Gasteiger partial charge in [0.2, 0.25) is 0 Å². The zero-order valence-electron chi connectivity index (χ0n) is 14.1. The van der Waals surface area contributed by atoms with E-state index in [-0.39, 0.29) is 0 Å². The third kappa shape index (κ3) is 5.41. The Bertz CT molecular complexity index is 475. The smallest absolute Gasteiger partial charge is 0.335 e. The second-order valence-electron chi connectivity index (χ2n) is 7.09. The zero-order chi connectivity index (χ0) is 16.3. The summed E-state index contributed by atoms with van der Waals surface area (Å²) < 4.78 is 6.53. The van der Waals surface area contributed by atoms with E-state index in [4.69, 9.17) is 9.22 Å². The molecule has 0 amide bonds. The Labute approximate surface area is 130 Å². The summed E-state index contributed by atoms with van der Waals surface area (Å²) in [6, 6.07) is 7.34. The Hall–Kier alpha value is -0.916. The molecule has 0 aliphatic rings. The molecule has 1 unspecified atom stereocenters. The van der Waals surface area contributed by atoms with Gasteiger partial charge in [-0.1, -0.05) is 25.5 Å². The molecule has 0 fully saturated rings. The maximum absolute atomic E-state index is 11.0. The molecule has 0 heterocycles. The first-order chi connectivity index (χ1) is 9.57. The predicted molar refractivity (Wildman–Crippen MR) is 93.0 cm³/mol. The van der Waals surface area contributed by atoms with Crippen molar-refractivity contribution in [2.24, 2.45) is 0 Å². The highest BCUT2D eigenvalue weighted by atomic mass is 28.4. The molecule has 3 nitrogen and oxygen atoms in total. The van der Waals surface area contributed by atoms with Crippen LogP contribution in [0.3, 0.4) is 0 Å². The van der Waals surface area contributed by atoms with Gasteiger partial charge in [-0.15, -0.1) is 0 Å². The molecule has 0 aromatic heterocycles. The number of hydrogen-bond donors (Lipinski definition) is 1. The minimum Gasteiger partial charge on any atom is -0.478 e. The standard InChI is InChI=1S/C16H28O3Si2/c1-7-8-15(21(5,6)19-20(2,3)4)13-9-11-14(12-10-13)16(17)18/h9-12,15H,7-8H2,1-6H3,(H,17,18). The van der Waals surface area contributed by atoms with E-state index in [0.29, 0.717) is 11.1 Å². The molecule has 0 aliphatic carbocycles. The SMILES string of the molecule is CCCC(c1ccc(C(=O)O)cc1)[Si](C)(C)O[Si](C)(C)C. The number of benzene rings is 1. The van der Waals surface area contributed by atoms with Crippen LogP contribution >= 0.6 is 0 Å². The number of carbonyl (C=O) groups is 1. The normalized spacial score (nSPS) is 14.0. The van der Waals surface area contributed by atoms with E-state index in [1.54, 1.807) is 12.1 Å². The van der Waals surface area contributed by atoms with Gasteiger partial charge >= 0.3 is 5.97 Å². The van der Waals surface area contributed by atoms with Crippen LogP contribution in [0.4, 0.5) is 0 Å². The van der Waals surface area contributed by atoms with Crippen LogP contribution in [-0.4, -0.2) is 27.7 Å². The lowest BCUT2D eigenvalue weighted by Crippen LogP contribution is -2.47. The molecule has 1 aromatic rings. The molecule has 0 radical (unpaired) electrons. The Morgan fingerprint density at radius 1 is 1.14 bits per heavy atom. The fourth-order valence-corrected chi connectivity index (χ4v) is 11.8. The molecule has 1 N–H and O–H groups in total. The van der Waals surface area contributed by atoms with E-state index in [2.05, 4.69) is 39.7 Å². The van der Waals surface area contributed by atoms with E-state index < -0.39 is 22.6 Å². The third-order valence-electron chi connectivity index (χ3n) is 3.55. The third-order valence-corrected chi connectivity index (χ3v) is 10.4. The van der Waals surface area contributed by atoms with Crippen molar-refractivity contribution in [3.63, 3.8) is 0 Å². The van der Waals surface area contributed by atoms with E-state index in [0.717, 1.165) is 12.8 Å². The number of rotatable bonds is 7. The van der Waals surface area contributed by atoms with Crippen LogP contribution in [0.25, 0.3) is 0 Å². The van der Waals surface area contributed by atoms with E-state index >= 15 is 0 Å². The van der Waals surface area contributed by atoms with Crippen molar-refractivity contribution >= 4 is 22.6 Å². The highest BCUT2D eigenvalue weighted by molar-refractivity contribution is 6.84. The fraction of sp³-hybridized carbons (Fsp3) is 0.562. The molecule has 0 aliphatic heterocycles. The molecule has 1 atom stereocenters. The first kappa shape index (κ1) is 18.1. The molecular formula is C16H28O3Si2. The first-order valence-electron chi connectivity index (χ1n) is 7.60. The molecule has 1 aromatic carbocycles. The molecule has 0 spiro atoms. The van der Waals surface area contributed by atoms with E-state index in [1.807, 2.05) is 12.1 Å². The lowest BCUT2D eigenvalue weighted by molar-refractivity contribution is 0.0697. The largest absolute Gasteiger partial charge is 0.478 e. The van der Waals surface area contributed by atoms with Crippen molar-refractivity contribution in [1.29, 1.82) is 0 Å². The Kier molecular flexibility index (Phi) is 5.95. The predicted octanol–water partition coefficient (Wildman–Crippen LogP) is 4.86. The summed E-state index contributed by atoms with van der Waals surface area (Å²) in [5.74, 6) is -0.872. The second kappa shape index (κ2) is 6.90. The minimum atomic E-state index is -1.86. The highest BCUT2D eigenvalue weighted by Crippen LogP contribution is 2.34. The average molecular weight is 325 g/mol. The molecule has 5 heteroatoms.